The molecule has 1 heterocycles. The fourth-order valence-corrected chi connectivity index (χ4v) is 2.36. The highest BCUT2D eigenvalue weighted by atomic mass is 16.5. The van der Waals surface area contributed by atoms with Crippen molar-refractivity contribution in [2.75, 3.05) is 46.4 Å². The largest absolute Gasteiger partial charge is 0.491 e. The molecule has 2 N–H and O–H groups in total. The zero-order chi connectivity index (χ0) is 15.1. The van der Waals surface area contributed by atoms with E-state index in [1.807, 2.05) is 31.2 Å². The maximum Gasteiger partial charge on any atom is 0.119 e. The quantitative estimate of drug-likeness (QED) is 0.773. The molecule has 0 amide bonds. The third-order valence-corrected chi connectivity index (χ3v) is 3.53. The van der Waals surface area contributed by atoms with Crippen molar-refractivity contribution < 1.29 is 14.6 Å². The van der Waals surface area contributed by atoms with Crippen LogP contribution in [0.3, 0.4) is 0 Å². The molecule has 1 aromatic rings. The molecule has 2 unspecified atom stereocenters. The van der Waals surface area contributed by atoms with Crippen LogP contribution >= 0.6 is 0 Å². The molecule has 0 aromatic heterocycles. The number of nitrogens with one attached hydrogen (secondary N) is 1. The van der Waals surface area contributed by atoms with Crippen molar-refractivity contribution in [1.29, 1.82) is 0 Å². The molecule has 5 heteroatoms. The van der Waals surface area contributed by atoms with Crippen LogP contribution in [-0.2, 0) is 4.74 Å². The minimum absolute atomic E-state index is 0.202. The lowest BCUT2D eigenvalue weighted by atomic mass is 10.2. The third kappa shape index (κ3) is 6.01. The first-order valence-corrected chi connectivity index (χ1v) is 7.52. The smallest absolute Gasteiger partial charge is 0.119 e. The number of aryl methyl sites for hydroxylation is 1. The minimum Gasteiger partial charge on any atom is -0.491 e. The van der Waals surface area contributed by atoms with E-state index in [4.69, 9.17) is 9.47 Å². The third-order valence-electron chi connectivity index (χ3n) is 3.53. The van der Waals surface area contributed by atoms with Crippen LogP contribution in [0.15, 0.2) is 24.3 Å². The molecule has 1 aliphatic heterocycles. The lowest BCUT2D eigenvalue weighted by Gasteiger charge is -2.30. The Balaban J connectivity index is 1.60. The molecule has 2 rings (SSSR count). The van der Waals surface area contributed by atoms with Crippen LogP contribution in [0.25, 0.3) is 0 Å². The fraction of sp³-hybridized carbons (Fsp3) is 0.625. The van der Waals surface area contributed by atoms with Gasteiger partial charge < -0.3 is 24.8 Å². The number of likely N-dealkylation sites (N-methyl/N-ethyl adjacent to an activating group) is 1. The average molecular weight is 294 g/mol. The number of rotatable bonds is 7. The van der Waals surface area contributed by atoms with Gasteiger partial charge in [-0.25, -0.2) is 0 Å². The predicted molar refractivity (Wildman–Crippen MR) is 82.8 cm³/mol. The van der Waals surface area contributed by atoms with Crippen molar-refractivity contribution in [2.24, 2.45) is 0 Å². The first kappa shape index (κ1) is 16.2. The Bertz CT molecular complexity index is 428. The normalized spacial score (nSPS) is 21.2. The van der Waals surface area contributed by atoms with Crippen molar-refractivity contribution in [3.63, 3.8) is 0 Å². The van der Waals surface area contributed by atoms with E-state index in [1.165, 1.54) is 0 Å². The fourth-order valence-electron chi connectivity index (χ4n) is 2.36. The molecule has 1 fully saturated rings. The van der Waals surface area contributed by atoms with Gasteiger partial charge in [0.25, 0.3) is 0 Å². The van der Waals surface area contributed by atoms with Gasteiger partial charge in [0.2, 0.25) is 0 Å². The molecule has 5 nitrogen and oxygen atoms in total. The number of benzene rings is 1. The number of nitrogens with zero attached hydrogens (tertiary/aromatic N) is 1. The molecule has 1 saturated heterocycles. The summed E-state index contributed by atoms with van der Waals surface area (Å²) in [6, 6.07) is 7.84. The molecule has 0 aliphatic carbocycles. The van der Waals surface area contributed by atoms with Gasteiger partial charge in [-0.3, -0.25) is 0 Å². The van der Waals surface area contributed by atoms with Crippen molar-refractivity contribution >= 4 is 0 Å². The molecule has 1 aromatic carbocycles. The maximum atomic E-state index is 9.92. The highest BCUT2D eigenvalue weighted by Gasteiger charge is 2.17. The zero-order valence-electron chi connectivity index (χ0n) is 12.9. The number of morpholine rings is 1. The van der Waals surface area contributed by atoms with Gasteiger partial charge in [-0.15, -0.1) is 0 Å². The summed E-state index contributed by atoms with van der Waals surface area (Å²) in [5.74, 6) is 0.797. The summed E-state index contributed by atoms with van der Waals surface area (Å²) in [6.45, 7) is 6.28. The molecule has 0 bridgehead atoms. The van der Waals surface area contributed by atoms with E-state index in [2.05, 4.69) is 17.3 Å². The Morgan fingerprint density at radius 2 is 2.38 bits per heavy atom. The summed E-state index contributed by atoms with van der Waals surface area (Å²) in [4.78, 5) is 2.26. The van der Waals surface area contributed by atoms with Crippen LogP contribution in [0.4, 0.5) is 0 Å². The molecule has 21 heavy (non-hydrogen) atoms. The average Bonchev–Trinajstić information content (AvgIpc) is 2.45. The van der Waals surface area contributed by atoms with Gasteiger partial charge in [-0.1, -0.05) is 12.1 Å². The number of hydrogen-bond donors (Lipinski definition) is 2. The second-order valence-electron chi connectivity index (χ2n) is 5.69. The number of hydrogen-bond acceptors (Lipinski definition) is 5. The van der Waals surface area contributed by atoms with Gasteiger partial charge in [0, 0.05) is 26.2 Å². The van der Waals surface area contributed by atoms with Crippen molar-refractivity contribution in [2.45, 2.75) is 19.1 Å². The van der Waals surface area contributed by atoms with E-state index in [0.29, 0.717) is 13.2 Å². The zero-order valence-corrected chi connectivity index (χ0v) is 12.9. The first-order valence-electron chi connectivity index (χ1n) is 7.52. The van der Waals surface area contributed by atoms with Crippen LogP contribution < -0.4 is 10.1 Å². The van der Waals surface area contributed by atoms with E-state index >= 15 is 0 Å². The standard InChI is InChI=1S/C16H26N2O3/c1-13-4-3-5-15(8-13)21-12-14(19)9-17-10-16-11-18(2)6-7-20-16/h3-5,8,14,16-17,19H,6-7,9-12H2,1-2H3. The van der Waals surface area contributed by atoms with Crippen LogP contribution in [0.1, 0.15) is 5.56 Å². The van der Waals surface area contributed by atoms with Gasteiger partial charge in [0.05, 0.1) is 12.7 Å². The number of ether oxygens (including phenoxy) is 2. The topological polar surface area (TPSA) is 54.0 Å². The molecule has 0 radical (unpaired) electrons. The molecule has 0 saturated carbocycles. The molecular weight excluding hydrogens is 268 g/mol. The summed E-state index contributed by atoms with van der Waals surface area (Å²) in [7, 11) is 2.10. The highest BCUT2D eigenvalue weighted by molar-refractivity contribution is 5.27. The molecule has 0 spiro atoms. The van der Waals surface area contributed by atoms with Gasteiger partial charge >= 0.3 is 0 Å². The lowest BCUT2D eigenvalue weighted by Crippen LogP contribution is -2.46. The number of aliphatic hydroxyl groups excluding tert-OH is 1. The van der Waals surface area contributed by atoms with E-state index in [0.717, 1.165) is 37.6 Å². The van der Waals surface area contributed by atoms with Crippen molar-refractivity contribution in [1.82, 2.24) is 10.2 Å². The Hall–Kier alpha value is -1.14. The van der Waals surface area contributed by atoms with Crippen molar-refractivity contribution in [3.8, 4) is 5.75 Å². The van der Waals surface area contributed by atoms with Gasteiger partial charge in [-0.05, 0) is 31.7 Å². The van der Waals surface area contributed by atoms with Crippen LogP contribution in [0, 0.1) is 6.92 Å². The molecule has 2 atom stereocenters. The number of aliphatic hydroxyl groups is 1. The lowest BCUT2D eigenvalue weighted by molar-refractivity contribution is -0.0196. The van der Waals surface area contributed by atoms with Gasteiger partial charge in [0.15, 0.2) is 0 Å². The Labute approximate surface area is 126 Å². The Morgan fingerprint density at radius 3 is 3.14 bits per heavy atom. The van der Waals surface area contributed by atoms with E-state index < -0.39 is 6.10 Å². The maximum absolute atomic E-state index is 9.92. The molecule has 118 valence electrons. The van der Waals surface area contributed by atoms with Crippen LogP contribution in [-0.4, -0.2) is 68.7 Å². The Morgan fingerprint density at radius 1 is 1.52 bits per heavy atom. The summed E-state index contributed by atoms with van der Waals surface area (Å²) in [5.41, 5.74) is 1.15. The Kier molecular flexibility index (Phi) is 6.45. The second kappa shape index (κ2) is 8.34. The summed E-state index contributed by atoms with van der Waals surface area (Å²) in [5, 5.41) is 13.2. The first-order chi connectivity index (χ1) is 10.1. The van der Waals surface area contributed by atoms with E-state index in [1.54, 1.807) is 0 Å². The highest BCUT2D eigenvalue weighted by Crippen LogP contribution is 2.12. The van der Waals surface area contributed by atoms with Gasteiger partial charge in [0.1, 0.15) is 18.5 Å². The SMILES string of the molecule is Cc1cccc(OCC(O)CNCC2CN(C)CCO2)c1. The van der Waals surface area contributed by atoms with E-state index in [-0.39, 0.29) is 6.10 Å². The van der Waals surface area contributed by atoms with E-state index in [9.17, 15) is 5.11 Å². The summed E-state index contributed by atoms with van der Waals surface area (Å²) < 4.78 is 11.2. The van der Waals surface area contributed by atoms with Crippen LogP contribution in [0.5, 0.6) is 5.75 Å². The summed E-state index contributed by atoms with van der Waals surface area (Å²) >= 11 is 0. The van der Waals surface area contributed by atoms with Crippen molar-refractivity contribution in [3.05, 3.63) is 29.8 Å². The van der Waals surface area contributed by atoms with Gasteiger partial charge in [-0.2, -0.15) is 0 Å². The second-order valence-corrected chi connectivity index (χ2v) is 5.69. The predicted octanol–water partition coefficient (Wildman–Crippen LogP) is 0.655. The molecule has 1 aliphatic rings. The summed E-state index contributed by atoms with van der Waals surface area (Å²) in [6.07, 6.45) is -0.319. The molecular formula is C16H26N2O3. The monoisotopic (exact) mass is 294 g/mol. The van der Waals surface area contributed by atoms with Crippen LogP contribution in [0.2, 0.25) is 0 Å². The minimum atomic E-state index is -0.521.